The van der Waals surface area contributed by atoms with E-state index in [4.69, 9.17) is 0 Å². The summed E-state index contributed by atoms with van der Waals surface area (Å²) in [5, 5.41) is 9.73. The summed E-state index contributed by atoms with van der Waals surface area (Å²) < 4.78 is 0. The number of hydrogen-bond acceptors (Lipinski definition) is 3. The van der Waals surface area contributed by atoms with Gasteiger partial charge in [0.25, 0.3) is 0 Å². The van der Waals surface area contributed by atoms with Gasteiger partial charge in [-0.3, -0.25) is 14.4 Å². The van der Waals surface area contributed by atoms with Crippen LogP contribution in [0.4, 0.5) is 0 Å². The van der Waals surface area contributed by atoms with E-state index in [0.29, 0.717) is 13.0 Å². The number of benzene rings is 1. The van der Waals surface area contributed by atoms with Crippen LogP contribution >= 0.6 is 0 Å². The molecule has 2 heterocycles. The van der Waals surface area contributed by atoms with Crippen molar-refractivity contribution in [1.29, 1.82) is 0 Å². The topological polar surface area (TPSA) is 77.9 Å². The van der Waals surface area contributed by atoms with Crippen LogP contribution in [0.2, 0.25) is 0 Å². The third-order valence-electron chi connectivity index (χ3n) is 5.74. The molecule has 0 aromatic heterocycles. The Morgan fingerprint density at radius 3 is 2.54 bits per heavy atom. The van der Waals surface area contributed by atoms with E-state index in [-0.39, 0.29) is 31.4 Å². The predicted molar refractivity (Wildman–Crippen MR) is 96.4 cm³/mol. The second-order valence-electron chi connectivity index (χ2n) is 7.33. The highest BCUT2D eigenvalue weighted by Gasteiger charge is 2.62. The largest absolute Gasteiger partial charge is 0.481 e. The van der Waals surface area contributed by atoms with Gasteiger partial charge in [-0.25, -0.2) is 0 Å². The highest BCUT2D eigenvalue weighted by molar-refractivity contribution is 5.94. The number of fused-ring (bicyclic) bond motifs is 1. The number of amides is 2. The molecule has 0 radical (unpaired) electrons. The number of carbonyl (C=O) groups excluding carboxylic acids is 2. The molecule has 6 heteroatoms. The van der Waals surface area contributed by atoms with Gasteiger partial charge in [-0.2, -0.15) is 0 Å². The average molecular weight is 358 g/mol. The van der Waals surface area contributed by atoms with Crippen LogP contribution in [0.5, 0.6) is 0 Å². The van der Waals surface area contributed by atoms with Crippen LogP contribution in [0.25, 0.3) is 0 Å². The van der Waals surface area contributed by atoms with E-state index in [9.17, 15) is 19.5 Å². The Kier molecular flexibility index (Phi) is 5.30. The summed E-state index contributed by atoms with van der Waals surface area (Å²) in [5.74, 6) is -1.74. The number of aryl methyl sites for hydroxylation is 1. The minimum atomic E-state index is -1.13. The maximum atomic E-state index is 12.5. The highest BCUT2D eigenvalue weighted by Crippen LogP contribution is 2.43. The standard InChI is InChI=1S/C20H26N2O4/c1-2-21-13-20(19(25)26)14-22(12-16(20)18(21)24)17(23)11-7-6-10-15-8-4-3-5-9-15/h3-5,8-9,16H,2,6-7,10-14H2,1H3,(H,25,26)/t16-,20+/m0/s1. The van der Waals surface area contributed by atoms with Crippen molar-refractivity contribution in [1.82, 2.24) is 9.80 Å². The molecule has 2 atom stereocenters. The molecule has 2 amide bonds. The zero-order valence-electron chi connectivity index (χ0n) is 15.2. The Morgan fingerprint density at radius 1 is 1.19 bits per heavy atom. The van der Waals surface area contributed by atoms with E-state index in [2.05, 4.69) is 12.1 Å². The zero-order valence-corrected chi connectivity index (χ0v) is 15.2. The number of unbranched alkanes of at least 4 members (excludes halogenated alkanes) is 1. The van der Waals surface area contributed by atoms with Crippen LogP contribution in [-0.2, 0) is 20.8 Å². The van der Waals surface area contributed by atoms with Gasteiger partial charge in [-0.05, 0) is 31.7 Å². The van der Waals surface area contributed by atoms with Crippen molar-refractivity contribution in [2.24, 2.45) is 11.3 Å². The summed E-state index contributed by atoms with van der Waals surface area (Å²) in [5.41, 5.74) is 0.123. The molecule has 0 bridgehead atoms. The van der Waals surface area contributed by atoms with Crippen molar-refractivity contribution < 1.29 is 19.5 Å². The minimum Gasteiger partial charge on any atom is -0.481 e. The van der Waals surface area contributed by atoms with Crippen molar-refractivity contribution >= 4 is 17.8 Å². The average Bonchev–Trinajstić information content (AvgIpc) is 3.15. The maximum Gasteiger partial charge on any atom is 0.314 e. The molecule has 2 saturated heterocycles. The monoisotopic (exact) mass is 358 g/mol. The first-order chi connectivity index (χ1) is 12.5. The van der Waals surface area contributed by atoms with Crippen molar-refractivity contribution in [3.8, 4) is 0 Å². The molecule has 0 aliphatic carbocycles. The van der Waals surface area contributed by atoms with Crippen molar-refractivity contribution in [3.63, 3.8) is 0 Å². The number of carboxylic acids is 1. The van der Waals surface area contributed by atoms with Crippen molar-refractivity contribution in [2.75, 3.05) is 26.2 Å². The fraction of sp³-hybridized carbons (Fsp3) is 0.550. The molecule has 3 rings (SSSR count). The summed E-state index contributed by atoms with van der Waals surface area (Å²) in [7, 11) is 0. The molecule has 1 aromatic rings. The van der Waals surface area contributed by atoms with Gasteiger partial charge in [-0.1, -0.05) is 30.3 Å². The third-order valence-corrected chi connectivity index (χ3v) is 5.74. The number of likely N-dealkylation sites (tertiary alicyclic amines) is 2. The minimum absolute atomic E-state index is 0.0380. The van der Waals surface area contributed by atoms with Crippen LogP contribution in [-0.4, -0.2) is 58.9 Å². The van der Waals surface area contributed by atoms with Gasteiger partial charge in [-0.15, -0.1) is 0 Å². The normalized spacial score (nSPS) is 24.8. The molecule has 26 heavy (non-hydrogen) atoms. The molecule has 0 spiro atoms. The van der Waals surface area contributed by atoms with Crippen molar-refractivity contribution in [3.05, 3.63) is 35.9 Å². The Labute approximate surface area is 153 Å². The molecule has 2 fully saturated rings. The molecule has 2 aliphatic heterocycles. The lowest BCUT2D eigenvalue weighted by Gasteiger charge is -2.24. The fourth-order valence-electron chi connectivity index (χ4n) is 4.17. The van der Waals surface area contributed by atoms with E-state index in [1.807, 2.05) is 25.1 Å². The van der Waals surface area contributed by atoms with Crippen LogP contribution in [0, 0.1) is 11.3 Å². The van der Waals surface area contributed by atoms with E-state index >= 15 is 0 Å². The number of hydrogen-bond donors (Lipinski definition) is 1. The van der Waals surface area contributed by atoms with Gasteiger partial charge in [0.05, 0.1) is 5.92 Å². The lowest BCUT2D eigenvalue weighted by molar-refractivity contribution is -0.150. The second kappa shape index (κ2) is 7.48. The fourth-order valence-corrected chi connectivity index (χ4v) is 4.17. The Balaban J connectivity index is 1.54. The van der Waals surface area contributed by atoms with Crippen molar-refractivity contribution in [2.45, 2.75) is 32.6 Å². The molecule has 140 valence electrons. The number of nitrogens with zero attached hydrogens (tertiary/aromatic N) is 2. The summed E-state index contributed by atoms with van der Waals surface area (Å²) in [6.45, 7) is 2.95. The van der Waals surface area contributed by atoms with Gasteiger partial charge in [0.1, 0.15) is 5.41 Å². The number of carboxylic acid groups (broad SMARTS) is 1. The molecule has 6 nitrogen and oxygen atoms in total. The molecule has 0 unspecified atom stereocenters. The van der Waals surface area contributed by atoms with Gasteiger partial charge >= 0.3 is 5.97 Å². The first-order valence-electron chi connectivity index (χ1n) is 9.32. The first kappa shape index (κ1) is 18.4. The summed E-state index contributed by atoms with van der Waals surface area (Å²) in [6, 6.07) is 10.1. The molecule has 1 aromatic carbocycles. The van der Waals surface area contributed by atoms with Crippen LogP contribution in [0.1, 0.15) is 31.7 Å². The number of rotatable bonds is 7. The first-order valence-corrected chi connectivity index (χ1v) is 9.32. The predicted octanol–water partition coefficient (Wildman–Crippen LogP) is 1.79. The summed E-state index contributed by atoms with van der Waals surface area (Å²) >= 11 is 0. The highest BCUT2D eigenvalue weighted by atomic mass is 16.4. The van der Waals surface area contributed by atoms with E-state index in [0.717, 1.165) is 19.3 Å². The maximum absolute atomic E-state index is 12.5. The SMILES string of the molecule is CCN1C[C@@]2(C(=O)O)CN(C(=O)CCCCc3ccccc3)C[C@H]2C1=O. The van der Waals surface area contributed by atoms with Gasteiger partial charge in [0.15, 0.2) is 0 Å². The molecule has 0 saturated carbocycles. The van der Waals surface area contributed by atoms with Gasteiger partial charge in [0, 0.05) is 32.6 Å². The smallest absolute Gasteiger partial charge is 0.314 e. The summed E-state index contributed by atoms with van der Waals surface area (Å²) in [4.78, 5) is 40.0. The molecule has 2 aliphatic rings. The second-order valence-corrected chi connectivity index (χ2v) is 7.33. The lowest BCUT2D eigenvalue weighted by Crippen LogP contribution is -2.42. The van der Waals surface area contributed by atoms with Crippen LogP contribution < -0.4 is 0 Å². The lowest BCUT2D eigenvalue weighted by atomic mass is 9.81. The molecular weight excluding hydrogens is 332 g/mol. The summed E-state index contributed by atoms with van der Waals surface area (Å²) in [6.07, 6.45) is 3.02. The Bertz CT molecular complexity index is 690. The van der Waals surface area contributed by atoms with E-state index in [1.54, 1.807) is 9.80 Å². The van der Waals surface area contributed by atoms with E-state index in [1.165, 1.54) is 5.56 Å². The Hall–Kier alpha value is -2.37. The van der Waals surface area contributed by atoms with Crippen LogP contribution in [0.3, 0.4) is 0 Å². The van der Waals surface area contributed by atoms with Crippen LogP contribution in [0.15, 0.2) is 30.3 Å². The zero-order chi connectivity index (χ0) is 18.7. The Morgan fingerprint density at radius 2 is 1.92 bits per heavy atom. The number of carbonyl (C=O) groups is 3. The van der Waals surface area contributed by atoms with E-state index < -0.39 is 17.3 Å². The molecular formula is C20H26N2O4. The third kappa shape index (κ3) is 3.32. The van der Waals surface area contributed by atoms with Gasteiger partial charge in [0.2, 0.25) is 11.8 Å². The van der Waals surface area contributed by atoms with Gasteiger partial charge < -0.3 is 14.9 Å². The number of aliphatic carboxylic acids is 1. The quantitative estimate of drug-likeness (QED) is 0.754. The molecule has 1 N–H and O–H groups in total.